The third-order valence-corrected chi connectivity index (χ3v) is 2.35. The van der Waals surface area contributed by atoms with E-state index in [9.17, 15) is 0 Å². The van der Waals surface area contributed by atoms with Gasteiger partial charge in [-0.3, -0.25) is 0 Å². The molecule has 2 N–H and O–H groups in total. The second kappa shape index (κ2) is 4.37. The van der Waals surface area contributed by atoms with Crippen LogP contribution >= 0.6 is 0 Å². The molecule has 0 bridgehead atoms. The third-order valence-electron chi connectivity index (χ3n) is 2.35. The number of hydrogen-bond donors (Lipinski definition) is 1. The van der Waals surface area contributed by atoms with Gasteiger partial charge in [-0.1, -0.05) is 12.1 Å². The number of ether oxygens (including phenoxy) is 1. The highest BCUT2D eigenvalue weighted by molar-refractivity contribution is 5.68. The van der Waals surface area contributed by atoms with Crippen LogP contribution in [0.3, 0.4) is 0 Å². The minimum Gasteiger partial charge on any atom is -0.496 e. The summed E-state index contributed by atoms with van der Waals surface area (Å²) < 4.78 is 10.7. The van der Waals surface area contributed by atoms with Crippen LogP contribution in [0.1, 0.15) is 11.7 Å². The van der Waals surface area contributed by atoms with Crippen LogP contribution in [0, 0.1) is 6.92 Å². The molecular weight excluding hydrogens is 204 g/mol. The number of nitrogens with zero attached hydrogens (tertiary/aromatic N) is 1. The molecule has 2 rings (SSSR count). The summed E-state index contributed by atoms with van der Waals surface area (Å²) in [4.78, 5) is 4.33. The van der Waals surface area contributed by atoms with Crippen LogP contribution in [-0.4, -0.2) is 12.1 Å². The first-order valence-electron chi connectivity index (χ1n) is 5.06. The first kappa shape index (κ1) is 10.7. The van der Waals surface area contributed by atoms with Gasteiger partial charge in [-0.05, 0) is 12.1 Å². The van der Waals surface area contributed by atoms with Crippen molar-refractivity contribution >= 4 is 0 Å². The van der Waals surface area contributed by atoms with Crippen LogP contribution in [-0.2, 0) is 6.54 Å². The number of para-hydroxylation sites is 1. The molecule has 0 saturated heterocycles. The first-order chi connectivity index (χ1) is 7.76. The SMILES string of the molecule is COc1ccccc1-c1nc(C)oc1CN. The van der Waals surface area contributed by atoms with Crippen molar-refractivity contribution in [2.45, 2.75) is 13.5 Å². The Balaban J connectivity index is 2.57. The molecular formula is C12H14N2O2. The lowest BCUT2D eigenvalue weighted by Gasteiger charge is -2.05. The Labute approximate surface area is 94.1 Å². The number of nitrogens with two attached hydrogens (primary N) is 1. The quantitative estimate of drug-likeness (QED) is 0.857. The molecule has 0 amide bonds. The van der Waals surface area contributed by atoms with E-state index < -0.39 is 0 Å². The van der Waals surface area contributed by atoms with Gasteiger partial charge in [0.05, 0.1) is 13.7 Å². The molecule has 0 atom stereocenters. The minimum absolute atomic E-state index is 0.328. The fourth-order valence-electron chi connectivity index (χ4n) is 1.66. The highest BCUT2D eigenvalue weighted by Crippen LogP contribution is 2.31. The summed E-state index contributed by atoms with van der Waals surface area (Å²) >= 11 is 0. The zero-order chi connectivity index (χ0) is 11.5. The highest BCUT2D eigenvalue weighted by Gasteiger charge is 2.15. The van der Waals surface area contributed by atoms with E-state index in [-0.39, 0.29) is 0 Å². The van der Waals surface area contributed by atoms with Gasteiger partial charge in [0.2, 0.25) is 0 Å². The molecule has 2 aromatic rings. The maximum atomic E-state index is 5.62. The number of methoxy groups -OCH3 is 1. The third kappa shape index (κ3) is 1.79. The Bertz CT molecular complexity index is 492. The molecule has 84 valence electrons. The van der Waals surface area contributed by atoms with E-state index in [1.807, 2.05) is 24.3 Å². The number of benzene rings is 1. The lowest BCUT2D eigenvalue weighted by atomic mass is 10.1. The van der Waals surface area contributed by atoms with Crippen molar-refractivity contribution in [2.75, 3.05) is 7.11 Å². The Morgan fingerprint density at radius 3 is 2.81 bits per heavy atom. The van der Waals surface area contributed by atoms with Crippen LogP contribution in [0.4, 0.5) is 0 Å². The first-order valence-corrected chi connectivity index (χ1v) is 5.06. The maximum absolute atomic E-state index is 5.62. The Morgan fingerprint density at radius 2 is 2.12 bits per heavy atom. The van der Waals surface area contributed by atoms with Crippen molar-refractivity contribution in [3.8, 4) is 17.0 Å². The lowest BCUT2D eigenvalue weighted by Crippen LogP contribution is -1.97. The topological polar surface area (TPSA) is 61.3 Å². The molecule has 4 heteroatoms. The molecule has 16 heavy (non-hydrogen) atoms. The fourth-order valence-corrected chi connectivity index (χ4v) is 1.66. The lowest BCUT2D eigenvalue weighted by molar-refractivity contribution is 0.416. The summed E-state index contributed by atoms with van der Waals surface area (Å²) in [5.74, 6) is 2.06. The molecule has 0 aliphatic carbocycles. The van der Waals surface area contributed by atoms with Gasteiger partial charge in [-0.25, -0.2) is 4.98 Å². The van der Waals surface area contributed by atoms with Crippen LogP contribution < -0.4 is 10.5 Å². The number of aromatic nitrogens is 1. The van der Waals surface area contributed by atoms with Gasteiger partial charge in [0, 0.05) is 12.5 Å². The van der Waals surface area contributed by atoms with Crippen LogP contribution in [0.25, 0.3) is 11.3 Å². The molecule has 1 aromatic heterocycles. The Kier molecular flexibility index (Phi) is 2.92. The second-order valence-electron chi connectivity index (χ2n) is 3.41. The van der Waals surface area contributed by atoms with E-state index in [1.54, 1.807) is 14.0 Å². The molecule has 4 nitrogen and oxygen atoms in total. The van der Waals surface area contributed by atoms with Gasteiger partial charge in [0.1, 0.15) is 17.2 Å². The minimum atomic E-state index is 0.328. The molecule has 0 saturated carbocycles. The number of rotatable bonds is 3. The van der Waals surface area contributed by atoms with Crippen LogP contribution in [0.5, 0.6) is 5.75 Å². The van der Waals surface area contributed by atoms with Crippen molar-refractivity contribution < 1.29 is 9.15 Å². The highest BCUT2D eigenvalue weighted by atomic mass is 16.5. The van der Waals surface area contributed by atoms with Crippen molar-refractivity contribution in [3.05, 3.63) is 35.9 Å². The van der Waals surface area contributed by atoms with Gasteiger partial charge >= 0.3 is 0 Å². The van der Waals surface area contributed by atoms with E-state index in [1.165, 1.54) is 0 Å². The predicted octanol–water partition coefficient (Wildman–Crippen LogP) is 2.12. The normalized spacial score (nSPS) is 10.4. The summed E-state index contributed by atoms with van der Waals surface area (Å²) in [5, 5.41) is 0. The van der Waals surface area contributed by atoms with Gasteiger partial charge in [0.25, 0.3) is 0 Å². The van der Waals surface area contributed by atoms with Gasteiger partial charge in [0.15, 0.2) is 5.89 Å². The predicted molar refractivity (Wildman–Crippen MR) is 61.1 cm³/mol. The zero-order valence-corrected chi connectivity index (χ0v) is 9.36. The van der Waals surface area contributed by atoms with Crippen molar-refractivity contribution in [1.29, 1.82) is 0 Å². The number of hydrogen-bond acceptors (Lipinski definition) is 4. The zero-order valence-electron chi connectivity index (χ0n) is 9.36. The van der Waals surface area contributed by atoms with E-state index in [2.05, 4.69) is 4.98 Å². The van der Waals surface area contributed by atoms with Crippen LogP contribution in [0.2, 0.25) is 0 Å². The molecule has 0 unspecified atom stereocenters. The summed E-state index contributed by atoms with van der Waals surface area (Å²) in [6, 6.07) is 7.68. The van der Waals surface area contributed by atoms with E-state index >= 15 is 0 Å². The number of oxazole rings is 1. The molecule has 0 fully saturated rings. The largest absolute Gasteiger partial charge is 0.496 e. The van der Waals surface area contributed by atoms with Crippen molar-refractivity contribution in [3.63, 3.8) is 0 Å². The molecule has 0 radical (unpaired) electrons. The standard InChI is InChI=1S/C12H14N2O2/c1-8-14-12(11(7-13)16-8)9-5-3-4-6-10(9)15-2/h3-6H,7,13H2,1-2H3. The van der Waals surface area contributed by atoms with Gasteiger partial charge in [-0.2, -0.15) is 0 Å². The van der Waals surface area contributed by atoms with Crippen LogP contribution in [0.15, 0.2) is 28.7 Å². The summed E-state index contributed by atoms with van der Waals surface area (Å²) in [6.45, 7) is 2.13. The molecule has 1 aromatic carbocycles. The monoisotopic (exact) mass is 218 g/mol. The van der Waals surface area contributed by atoms with Crippen molar-refractivity contribution in [1.82, 2.24) is 4.98 Å². The summed E-state index contributed by atoms with van der Waals surface area (Å²) in [5.41, 5.74) is 7.28. The fraction of sp³-hybridized carbons (Fsp3) is 0.250. The summed E-state index contributed by atoms with van der Waals surface area (Å²) in [7, 11) is 1.63. The summed E-state index contributed by atoms with van der Waals surface area (Å²) in [6.07, 6.45) is 0. The smallest absolute Gasteiger partial charge is 0.191 e. The maximum Gasteiger partial charge on any atom is 0.191 e. The van der Waals surface area contributed by atoms with E-state index in [0.29, 0.717) is 18.2 Å². The number of aryl methyl sites for hydroxylation is 1. The van der Waals surface area contributed by atoms with E-state index in [0.717, 1.165) is 17.0 Å². The average molecular weight is 218 g/mol. The van der Waals surface area contributed by atoms with Crippen molar-refractivity contribution in [2.24, 2.45) is 5.73 Å². The van der Waals surface area contributed by atoms with Gasteiger partial charge < -0.3 is 14.9 Å². The molecule has 1 heterocycles. The molecule has 0 aliphatic rings. The van der Waals surface area contributed by atoms with Gasteiger partial charge in [-0.15, -0.1) is 0 Å². The van der Waals surface area contributed by atoms with E-state index in [4.69, 9.17) is 14.9 Å². The Morgan fingerprint density at radius 1 is 1.38 bits per heavy atom. The Hall–Kier alpha value is -1.81. The average Bonchev–Trinajstić information content (AvgIpc) is 2.70. The second-order valence-corrected chi connectivity index (χ2v) is 3.41. The molecule has 0 spiro atoms. The molecule has 0 aliphatic heterocycles.